The number of rotatable bonds is 2. The minimum atomic E-state index is -0.364. The maximum absolute atomic E-state index is 13.5. The van der Waals surface area contributed by atoms with Crippen LogP contribution in [0.15, 0.2) is 29.9 Å². The van der Waals surface area contributed by atoms with Gasteiger partial charge in [-0.3, -0.25) is 4.98 Å². The summed E-state index contributed by atoms with van der Waals surface area (Å²) in [6, 6.07) is 4.75. The summed E-state index contributed by atoms with van der Waals surface area (Å²) in [5.74, 6) is 0.0856. The highest BCUT2D eigenvalue weighted by atomic mass is 35.5. The molecule has 1 aromatic carbocycles. The van der Waals surface area contributed by atoms with Crippen molar-refractivity contribution in [3.05, 3.63) is 46.4 Å². The summed E-state index contributed by atoms with van der Waals surface area (Å²) in [4.78, 5) is 12.0. The van der Waals surface area contributed by atoms with Gasteiger partial charge in [0.05, 0.1) is 16.1 Å². The van der Waals surface area contributed by atoms with E-state index < -0.39 is 0 Å². The maximum Gasteiger partial charge on any atom is 0.151 e. The Morgan fingerprint density at radius 1 is 1.44 bits per heavy atom. The normalized spacial score (nSPS) is 12.2. The summed E-state index contributed by atoms with van der Waals surface area (Å²) in [6.45, 7) is 0. The first-order valence-electron chi connectivity index (χ1n) is 5.14. The lowest BCUT2D eigenvalue weighted by Gasteiger charge is -1.91. The number of nitrogens with zero attached hydrogens (tertiary/aromatic N) is 2. The van der Waals surface area contributed by atoms with E-state index in [1.807, 2.05) is 0 Å². The van der Waals surface area contributed by atoms with Crippen molar-refractivity contribution >= 4 is 45.1 Å². The minimum absolute atomic E-state index is 0.295. The summed E-state index contributed by atoms with van der Waals surface area (Å²) in [5.41, 5.74) is 2.64. The van der Waals surface area contributed by atoms with Crippen LogP contribution in [0.4, 0.5) is 4.39 Å². The van der Waals surface area contributed by atoms with Gasteiger partial charge in [-0.05, 0) is 18.2 Å². The molecule has 0 aliphatic carbocycles. The number of hydrogen-bond donors (Lipinski definition) is 1. The largest absolute Gasteiger partial charge is 0.337 e. The first kappa shape index (κ1) is 11.4. The molecule has 0 aliphatic rings. The number of aromatic amines is 1. The smallest absolute Gasteiger partial charge is 0.151 e. The molecule has 18 heavy (non-hydrogen) atoms. The van der Waals surface area contributed by atoms with E-state index in [1.165, 1.54) is 17.4 Å². The Morgan fingerprint density at radius 2 is 2.33 bits per heavy atom. The second kappa shape index (κ2) is 4.51. The topological polar surface area (TPSA) is 41.6 Å². The standard InChI is InChI=1S/C12H7ClFN3S/c13-8(4-7-5-15-6-18-7)12-16-10-3-1-2-9(14)11(10)17-12/h1-6H,(H,16,17)/b8-4-. The van der Waals surface area contributed by atoms with Gasteiger partial charge in [0.15, 0.2) is 5.82 Å². The molecule has 3 nitrogen and oxygen atoms in total. The van der Waals surface area contributed by atoms with Crippen molar-refractivity contribution in [1.29, 1.82) is 0 Å². The lowest BCUT2D eigenvalue weighted by atomic mass is 10.3. The number of aromatic nitrogens is 3. The van der Waals surface area contributed by atoms with Crippen LogP contribution in [0.1, 0.15) is 10.7 Å². The van der Waals surface area contributed by atoms with Gasteiger partial charge in [-0.15, -0.1) is 11.3 Å². The van der Waals surface area contributed by atoms with Crippen LogP contribution in [0, 0.1) is 5.82 Å². The zero-order valence-corrected chi connectivity index (χ0v) is 10.6. The first-order valence-corrected chi connectivity index (χ1v) is 6.40. The third-order valence-electron chi connectivity index (χ3n) is 2.41. The number of H-pyrrole nitrogens is 1. The summed E-state index contributed by atoms with van der Waals surface area (Å²) in [6.07, 6.45) is 3.45. The molecule has 0 saturated carbocycles. The average molecular weight is 280 g/mol. The highest BCUT2D eigenvalue weighted by Gasteiger charge is 2.09. The highest BCUT2D eigenvalue weighted by molar-refractivity contribution is 7.10. The van der Waals surface area contributed by atoms with E-state index in [0.29, 0.717) is 21.9 Å². The van der Waals surface area contributed by atoms with Gasteiger partial charge in [0, 0.05) is 11.1 Å². The predicted octanol–water partition coefficient (Wildman–Crippen LogP) is 3.90. The van der Waals surface area contributed by atoms with Gasteiger partial charge >= 0.3 is 0 Å². The molecule has 3 rings (SSSR count). The summed E-state index contributed by atoms with van der Waals surface area (Å²) < 4.78 is 13.5. The van der Waals surface area contributed by atoms with Crippen molar-refractivity contribution in [2.75, 3.05) is 0 Å². The monoisotopic (exact) mass is 279 g/mol. The molecule has 0 bridgehead atoms. The Kier molecular flexibility index (Phi) is 2.85. The van der Waals surface area contributed by atoms with Crippen LogP contribution in [0.5, 0.6) is 0 Å². The van der Waals surface area contributed by atoms with Crippen molar-refractivity contribution in [2.45, 2.75) is 0 Å². The molecule has 0 saturated heterocycles. The van der Waals surface area contributed by atoms with Gasteiger partial charge in [0.1, 0.15) is 11.3 Å². The van der Waals surface area contributed by atoms with Gasteiger partial charge in [-0.2, -0.15) is 0 Å². The molecule has 0 atom stereocenters. The third kappa shape index (κ3) is 2.02. The van der Waals surface area contributed by atoms with E-state index in [4.69, 9.17) is 11.6 Å². The highest BCUT2D eigenvalue weighted by Crippen LogP contribution is 2.24. The van der Waals surface area contributed by atoms with Crippen LogP contribution in [0.2, 0.25) is 0 Å². The Labute approximate surface area is 111 Å². The summed E-state index contributed by atoms with van der Waals surface area (Å²) >= 11 is 7.61. The van der Waals surface area contributed by atoms with E-state index in [0.717, 1.165) is 4.88 Å². The number of benzene rings is 1. The number of thiazole rings is 1. The molecule has 0 unspecified atom stereocenters. The molecule has 0 fully saturated rings. The van der Waals surface area contributed by atoms with E-state index in [-0.39, 0.29) is 5.82 Å². The van der Waals surface area contributed by atoms with Crippen molar-refractivity contribution in [3.63, 3.8) is 0 Å². The molecule has 90 valence electrons. The molecule has 6 heteroatoms. The third-order valence-corrected chi connectivity index (χ3v) is 3.42. The Morgan fingerprint density at radius 3 is 3.06 bits per heavy atom. The molecule has 0 radical (unpaired) electrons. The molecule has 2 heterocycles. The van der Waals surface area contributed by atoms with Crippen LogP contribution in [-0.2, 0) is 0 Å². The fraction of sp³-hybridized carbons (Fsp3) is 0. The maximum atomic E-state index is 13.5. The Balaban J connectivity index is 2.07. The number of hydrogen-bond acceptors (Lipinski definition) is 3. The number of halogens is 2. The van der Waals surface area contributed by atoms with Crippen molar-refractivity contribution in [3.8, 4) is 0 Å². The second-order valence-electron chi connectivity index (χ2n) is 3.62. The van der Waals surface area contributed by atoms with Crippen LogP contribution in [-0.4, -0.2) is 15.0 Å². The molecular formula is C12H7ClFN3S. The predicted molar refractivity (Wildman–Crippen MR) is 71.9 cm³/mol. The van der Waals surface area contributed by atoms with Crippen LogP contribution < -0.4 is 0 Å². The average Bonchev–Trinajstić information content (AvgIpc) is 2.97. The molecule has 2 aromatic heterocycles. The molecule has 3 aromatic rings. The fourth-order valence-corrected chi connectivity index (χ4v) is 2.42. The number of nitrogens with one attached hydrogen (secondary N) is 1. The second-order valence-corrected chi connectivity index (χ2v) is 4.94. The van der Waals surface area contributed by atoms with Gasteiger partial charge in [-0.1, -0.05) is 17.7 Å². The van der Waals surface area contributed by atoms with Gasteiger partial charge < -0.3 is 4.98 Å². The molecule has 1 N–H and O–H groups in total. The zero-order chi connectivity index (χ0) is 12.5. The van der Waals surface area contributed by atoms with Crippen molar-refractivity contribution < 1.29 is 4.39 Å². The molecule has 0 spiro atoms. The van der Waals surface area contributed by atoms with Gasteiger partial charge in [-0.25, -0.2) is 9.37 Å². The first-order chi connectivity index (χ1) is 8.74. The Bertz CT molecular complexity index is 718. The van der Waals surface area contributed by atoms with Crippen molar-refractivity contribution in [1.82, 2.24) is 15.0 Å². The lowest BCUT2D eigenvalue weighted by Crippen LogP contribution is -1.79. The number of imidazole rings is 1. The SMILES string of the molecule is Fc1cccc2[nH]c(/C(Cl)=C/c3cncs3)nc12. The quantitative estimate of drug-likeness (QED) is 0.773. The lowest BCUT2D eigenvalue weighted by molar-refractivity contribution is 0.637. The van der Waals surface area contributed by atoms with Crippen molar-refractivity contribution in [2.24, 2.45) is 0 Å². The number of fused-ring (bicyclic) bond motifs is 1. The molecule has 0 amide bonds. The summed E-state index contributed by atoms with van der Waals surface area (Å²) in [7, 11) is 0. The van der Waals surface area contributed by atoms with E-state index >= 15 is 0 Å². The molecule has 0 aliphatic heterocycles. The van der Waals surface area contributed by atoms with E-state index in [1.54, 1.807) is 29.9 Å². The van der Waals surface area contributed by atoms with Gasteiger partial charge in [0.25, 0.3) is 0 Å². The van der Waals surface area contributed by atoms with E-state index in [2.05, 4.69) is 15.0 Å². The van der Waals surface area contributed by atoms with Crippen LogP contribution in [0.25, 0.3) is 22.1 Å². The fourth-order valence-electron chi connectivity index (χ4n) is 1.60. The number of para-hydroxylation sites is 1. The summed E-state index contributed by atoms with van der Waals surface area (Å²) in [5, 5.41) is 0.426. The Hall–Kier alpha value is -1.72. The molecular weight excluding hydrogens is 273 g/mol. The van der Waals surface area contributed by atoms with Crippen LogP contribution >= 0.6 is 22.9 Å². The minimum Gasteiger partial charge on any atom is -0.337 e. The van der Waals surface area contributed by atoms with E-state index in [9.17, 15) is 4.39 Å². The van der Waals surface area contributed by atoms with Gasteiger partial charge in [0.2, 0.25) is 0 Å². The zero-order valence-electron chi connectivity index (χ0n) is 9.02. The van der Waals surface area contributed by atoms with Crippen LogP contribution in [0.3, 0.4) is 0 Å².